The minimum Gasteiger partial charge on any atom is -0.484 e. The highest BCUT2D eigenvalue weighted by atomic mass is 35.5. The summed E-state index contributed by atoms with van der Waals surface area (Å²) in [5, 5.41) is 36.9. The van der Waals surface area contributed by atoms with Gasteiger partial charge in [0, 0.05) is 35.6 Å². The van der Waals surface area contributed by atoms with Crippen LogP contribution in [0.25, 0.3) is 21.8 Å². The van der Waals surface area contributed by atoms with Gasteiger partial charge < -0.3 is 30.0 Å². The van der Waals surface area contributed by atoms with Gasteiger partial charge in [0.15, 0.2) is 5.75 Å². The van der Waals surface area contributed by atoms with Crippen LogP contribution in [0.4, 0.5) is 47.6 Å². The van der Waals surface area contributed by atoms with Gasteiger partial charge in [0.2, 0.25) is 5.82 Å². The minimum atomic E-state index is -0.989. The van der Waals surface area contributed by atoms with Crippen LogP contribution in [0.15, 0.2) is 73.3 Å². The van der Waals surface area contributed by atoms with Crippen molar-refractivity contribution in [1.29, 1.82) is 0 Å². The van der Waals surface area contributed by atoms with E-state index in [9.17, 15) is 33.4 Å². The number of aliphatic hydroxyl groups is 1. The highest BCUT2D eigenvalue weighted by Crippen LogP contribution is 2.35. The van der Waals surface area contributed by atoms with Crippen LogP contribution in [-0.2, 0) is 9.47 Å². The van der Waals surface area contributed by atoms with E-state index in [2.05, 4.69) is 30.6 Å². The van der Waals surface area contributed by atoms with Crippen molar-refractivity contribution in [1.82, 2.24) is 19.9 Å². The van der Waals surface area contributed by atoms with Gasteiger partial charge in [-0.25, -0.2) is 28.7 Å². The van der Waals surface area contributed by atoms with E-state index in [-0.39, 0.29) is 63.6 Å². The lowest BCUT2D eigenvalue weighted by Gasteiger charge is -2.12. The zero-order valence-electron chi connectivity index (χ0n) is 31.8. The Morgan fingerprint density at radius 2 is 1.14 bits per heavy atom. The van der Waals surface area contributed by atoms with Crippen molar-refractivity contribution in [2.24, 2.45) is 0 Å². The molecule has 0 unspecified atom stereocenters. The van der Waals surface area contributed by atoms with Crippen LogP contribution in [0.1, 0.15) is 27.7 Å². The normalized spacial score (nSPS) is 10.8. The molecule has 6 rings (SSSR count). The molecule has 2 heterocycles. The highest BCUT2D eigenvalue weighted by Gasteiger charge is 2.20. The Hall–Kier alpha value is -5.99. The minimum absolute atomic E-state index is 0.0338. The second-order valence-corrected chi connectivity index (χ2v) is 13.3. The van der Waals surface area contributed by atoms with Crippen LogP contribution >= 0.6 is 23.2 Å². The lowest BCUT2D eigenvalue weighted by molar-refractivity contribution is -0.387. The van der Waals surface area contributed by atoms with E-state index < -0.39 is 33.0 Å². The number of ether oxygens (including phenoxy) is 3. The van der Waals surface area contributed by atoms with Crippen molar-refractivity contribution in [3.63, 3.8) is 0 Å². The molecule has 4 aromatic carbocycles. The monoisotopic (exact) mass is 860 g/mol. The number of aliphatic hydroxyl groups excluding tert-OH is 1. The van der Waals surface area contributed by atoms with E-state index in [0.29, 0.717) is 41.3 Å². The maximum Gasteiger partial charge on any atom is 0.311 e. The number of rotatable bonds is 14. The molecule has 21 heteroatoms. The molecule has 2 aromatic heterocycles. The number of benzene rings is 4. The molecule has 0 aliphatic carbocycles. The summed E-state index contributed by atoms with van der Waals surface area (Å²) in [6.45, 7) is 8.70. The molecule has 16 nitrogen and oxygen atoms in total. The third-order valence-electron chi connectivity index (χ3n) is 7.51. The van der Waals surface area contributed by atoms with Gasteiger partial charge in [-0.2, -0.15) is 4.39 Å². The number of nitrogens with one attached hydrogen (secondary N) is 2. The summed E-state index contributed by atoms with van der Waals surface area (Å²) in [6.07, 6.45) is 2.77. The quantitative estimate of drug-likeness (QED) is 0.0529. The summed E-state index contributed by atoms with van der Waals surface area (Å²) in [5.74, 6) is -1.51. The number of nitro benzene ring substituents is 2. The molecule has 312 valence electrons. The molecule has 0 saturated heterocycles. The first-order valence-corrected chi connectivity index (χ1v) is 18.3. The fourth-order valence-corrected chi connectivity index (χ4v) is 5.24. The van der Waals surface area contributed by atoms with Gasteiger partial charge in [-0.3, -0.25) is 20.2 Å². The van der Waals surface area contributed by atoms with E-state index in [4.69, 9.17) is 42.5 Å². The third kappa shape index (κ3) is 13.3. The van der Waals surface area contributed by atoms with Crippen LogP contribution in [0.2, 0.25) is 10.0 Å². The predicted octanol–water partition coefficient (Wildman–Crippen LogP) is 9.49. The highest BCUT2D eigenvalue weighted by molar-refractivity contribution is 6.31. The Balaban J connectivity index is 0.000000229. The molecule has 59 heavy (non-hydrogen) atoms. The molecule has 0 radical (unpaired) electrons. The van der Waals surface area contributed by atoms with E-state index in [1.165, 1.54) is 55.1 Å². The van der Waals surface area contributed by atoms with Gasteiger partial charge >= 0.3 is 11.4 Å². The molecule has 0 fully saturated rings. The predicted molar refractivity (Wildman–Crippen MR) is 216 cm³/mol. The fraction of sp³-hybridized carbons (Fsp3) is 0.263. The number of hydrogen-bond acceptors (Lipinski definition) is 14. The number of halogens is 5. The number of aromatic nitrogens is 4. The van der Waals surface area contributed by atoms with Crippen LogP contribution < -0.4 is 15.4 Å². The van der Waals surface area contributed by atoms with Gasteiger partial charge in [-0.1, -0.05) is 23.2 Å². The van der Waals surface area contributed by atoms with Crippen LogP contribution in [-0.4, -0.2) is 73.5 Å². The lowest BCUT2D eigenvalue weighted by Crippen LogP contribution is -2.12. The summed E-state index contributed by atoms with van der Waals surface area (Å²) in [5.41, 5.74) is 0.623. The Labute approximate surface area is 344 Å². The van der Waals surface area contributed by atoms with E-state index >= 15 is 0 Å². The summed E-state index contributed by atoms with van der Waals surface area (Å²) >= 11 is 11.5. The zero-order valence-corrected chi connectivity index (χ0v) is 33.3. The standard InChI is InChI=1S/C19H18ClFN4O4.C14H7ClF2N4O2.C5H12O2/c1-11(2)28-5-6-29-18-9-16-13(8-17(18)25(26)27)19(23-10-22-16)24-12-3-4-15(21)14(20)7-12;15-9-3-7(1-2-10(9)16)20-14-8-4-13(21(22)23)11(17)5-12(8)18-6-19-14;1-5(2)7-4-3-6/h3-4,7-11H,5-6H2,1-2H3,(H,22,23,24);1-6H,(H,18,19,20);5-6H,3-4H2,1-2H3. The maximum absolute atomic E-state index is 13.6. The summed E-state index contributed by atoms with van der Waals surface area (Å²) in [7, 11) is 0. The molecule has 0 aliphatic heterocycles. The Morgan fingerprint density at radius 1 is 0.661 bits per heavy atom. The molecular weight excluding hydrogens is 824 g/mol. The molecular formula is C38H37Cl2F3N8O8. The largest absolute Gasteiger partial charge is 0.484 e. The van der Waals surface area contributed by atoms with Gasteiger partial charge in [-0.05, 0) is 64.1 Å². The Kier molecular flexibility index (Phi) is 16.8. The topological polar surface area (TPSA) is 210 Å². The van der Waals surface area contributed by atoms with Crippen molar-refractivity contribution in [2.75, 3.05) is 37.1 Å². The molecule has 0 aliphatic rings. The first-order chi connectivity index (χ1) is 28.1. The summed E-state index contributed by atoms with van der Waals surface area (Å²) in [6, 6.07) is 12.8. The SMILES string of the molecule is CC(C)OCCO.CC(C)OCCOc1cc2ncnc(Nc3ccc(F)c(Cl)c3)c2cc1[N+](=O)[O-].O=[N+]([O-])c1cc2c(Nc3ccc(F)c(Cl)c3)ncnc2cc1F. The van der Waals surface area contributed by atoms with E-state index in [1.54, 1.807) is 0 Å². The molecule has 0 amide bonds. The van der Waals surface area contributed by atoms with Crippen molar-refractivity contribution in [3.8, 4) is 5.75 Å². The molecule has 0 spiro atoms. The van der Waals surface area contributed by atoms with Crippen molar-refractivity contribution in [3.05, 3.63) is 121 Å². The maximum atomic E-state index is 13.6. The van der Waals surface area contributed by atoms with Crippen molar-refractivity contribution in [2.45, 2.75) is 39.9 Å². The molecule has 6 aromatic rings. The van der Waals surface area contributed by atoms with E-state index in [1.807, 2.05) is 27.7 Å². The first kappa shape index (κ1) is 45.7. The van der Waals surface area contributed by atoms with Crippen molar-refractivity contribution >= 4 is 79.4 Å². The lowest BCUT2D eigenvalue weighted by atomic mass is 10.2. The van der Waals surface area contributed by atoms with Crippen LogP contribution in [0.5, 0.6) is 5.75 Å². The number of anilines is 4. The Morgan fingerprint density at radius 3 is 1.58 bits per heavy atom. The number of nitro groups is 2. The van der Waals surface area contributed by atoms with Gasteiger partial charge in [-0.15, -0.1) is 0 Å². The molecule has 0 saturated carbocycles. The second kappa shape index (κ2) is 21.7. The average Bonchev–Trinajstić information content (AvgIpc) is 3.18. The Bertz CT molecular complexity index is 2420. The van der Waals surface area contributed by atoms with Crippen molar-refractivity contribution < 1.29 is 42.3 Å². The number of hydrogen-bond donors (Lipinski definition) is 3. The molecule has 0 bridgehead atoms. The molecule has 3 N–H and O–H groups in total. The van der Waals surface area contributed by atoms with E-state index in [0.717, 1.165) is 18.2 Å². The summed E-state index contributed by atoms with van der Waals surface area (Å²) in [4.78, 5) is 37.2. The number of fused-ring (bicyclic) bond motifs is 2. The number of nitrogens with zero attached hydrogens (tertiary/aromatic N) is 6. The summed E-state index contributed by atoms with van der Waals surface area (Å²) < 4.78 is 56.0. The van der Waals surface area contributed by atoms with Gasteiger partial charge in [0.05, 0.1) is 73.7 Å². The average molecular weight is 862 g/mol. The third-order valence-corrected chi connectivity index (χ3v) is 8.09. The van der Waals surface area contributed by atoms with Crippen LogP contribution in [0.3, 0.4) is 0 Å². The van der Waals surface area contributed by atoms with Crippen LogP contribution in [0, 0.1) is 37.7 Å². The zero-order chi connectivity index (χ0) is 43.2. The van der Waals surface area contributed by atoms with Gasteiger partial charge in [0.1, 0.15) is 42.5 Å². The first-order valence-electron chi connectivity index (χ1n) is 17.5. The molecule has 0 atom stereocenters. The fourth-order valence-electron chi connectivity index (χ4n) is 4.88. The smallest absolute Gasteiger partial charge is 0.311 e. The second-order valence-electron chi connectivity index (χ2n) is 12.5. The van der Waals surface area contributed by atoms with Gasteiger partial charge in [0.25, 0.3) is 0 Å².